The number of hydrogen-bond acceptors (Lipinski definition) is 3. The summed E-state index contributed by atoms with van der Waals surface area (Å²) in [5, 5.41) is 3.38. The van der Waals surface area contributed by atoms with Crippen LogP contribution in [0, 0.1) is 0 Å². The molecule has 2 aliphatic rings. The number of nitrogens with zero attached hydrogens (tertiary/aromatic N) is 1. The molecule has 0 aliphatic carbocycles. The van der Waals surface area contributed by atoms with Crippen LogP contribution in [0.2, 0.25) is 0 Å². The Kier molecular flexibility index (Phi) is 3.44. The van der Waals surface area contributed by atoms with Crippen molar-refractivity contribution in [3.63, 3.8) is 0 Å². The highest BCUT2D eigenvalue weighted by molar-refractivity contribution is 5.97. The Morgan fingerprint density at radius 2 is 1.70 bits per heavy atom. The molecule has 2 bridgehead atoms. The molecule has 2 fully saturated rings. The van der Waals surface area contributed by atoms with Crippen LogP contribution in [0.15, 0.2) is 24.3 Å². The van der Waals surface area contributed by atoms with Crippen LogP contribution in [0.5, 0.6) is 0 Å². The third-order valence-corrected chi connectivity index (χ3v) is 4.31. The third-order valence-electron chi connectivity index (χ3n) is 4.31. The van der Waals surface area contributed by atoms with Gasteiger partial charge >= 0.3 is 0 Å². The predicted octanol–water partition coefficient (Wildman–Crippen LogP) is 0.752. The average Bonchev–Trinajstić information content (AvgIpc) is 2.71. The standard InChI is InChI=1S/C15H19N3O2/c16-14(19)10-1-3-11(4-2-10)15(20)18-12-5-6-13(18)9-17-8-7-12/h1-4,12-13,17H,5-9H2,(H2,16,19). The zero-order valence-corrected chi connectivity index (χ0v) is 11.3. The molecule has 0 aromatic heterocycles. The molecule has 106 valence electrons. The molecule has 0 saturated carbocycles. The Morgan fingerprint density at radius 1 is 1.05 bits per heavy atom. The summed E-state index contributed by atoms with van der Waals surface area (Å²) in [5.74, 6) is -0.403. The van der Waals surface area contributed by atoms with Crippen molar-refractivity contribution in [1.82, 2.24) is 10.2 Å². The molecule has 0 spiro atoms. The average molecular weight is 273 g/mol. The molecule has 5 heteroatoms. The number of nitrogens with one attached hydrogen (secondary N) is 1. The summed E-state index contributed by atoms with van der Waals surface area (Å²) in [7, 11) is 0. The van der Waals surface area contributed by atoms with Gasteiger partial charge in [-0.2, -0.15) is 0 Å². The van der Waals surface area contributed by atoms with Gasteiger partial charge in [0.2, 0.25) is 5.91 Å². The second-order valence-electron chi connectivity index (χ2n) is 5.53. The van der Waals surface area contributed by atoms with E-state index in [-0.39, 0.29) is 5.91 Å². The molecule has 2 heterocycles. The molecule has 2 atom stereocenters. The highest BCUT2D eigenvalue weighted by atomic mass is 16.2. The van der Waals surface area contributed by atoms with E-state index in [9.17, 15) is 9.59 Å². The van der Waals surface area contributed by atoms with Crippen LogP contribution in [0.1, 0.15) is 40.0 Å². The van der Waals surface area contributed by atoms with Crippen LogP contribution in [0.4, 0.5) is 0 Å². The van der Waals surface area contributed by atoms with E-state index >= 15 is 0 Å². The topological polar surface area (TPSA) is 75.4 Å². The number of fused-ring (bicyclic) bond motifs is 2. The van der Waals surface area contributed by atoms with Gasteiger partial charge in [0.25, 0.3) is 5.91 Å². The fourth-order valence-electron chi connectivity index (χ4n) is 3.24. The highest BCUT2D eigenvalue weighted by Crippen LogP contribution is 2.29. The van der Waals surface area contributed by atoms with E-state index in [1.165, 1.54) is 0 Å². The lowest BCUT2D eigenvalue weighted by Gasteiger charge is -2.28. The van der Waals surface area contributed by atoms with Crippen LogP contribution in [-0.4, -0.2) is 41.9 Å². The highest BCUT2D eigenvalue weighted by Gasteiger charge is 2.38. The van der Waals surface area contributed by atoms with Gasteiger partial charge in [-0.3, -0.25) is 9.59 Å². The Labute approximate surface area is 118 Å². The van der Waals surface area contributed by atoms with Crippen molar-refractivity contribution in [2.75, 3.05) is 13.1 Å². The van der Waals surface area contributed by atoms with Crippen molar-refractivity contribution >= 4 is 11.8 Å². The Bertz CT molecular complexity index is 512. The van der Waals surface area contributed by atoms with Crippen LogP contribution in [-0.2, 0) is 0 Å². The largest absolute Gasteiger partial charge is 0.366 e. The summed E-state index contributed by atoms with van der Waals surface area (Å²) >= 11 is 0. The SMILES string of the molecule is NC(=O)c1ccc(C(=O)N2C3CCNCC2CC3)cc1. The Morgan fingerprint density at radius 3 is 2.40 bits per heavy atom. The Balaban J connectivity index is 1.83. The molecular formula is C15H19N3O2. The van der Waals surface area contributed by atoms with E-state index < -0.39 is 5.91 Å². The maximum absolute atomic E-state index is 12.7. The smallest absolute Gasteiger partial charge is 0.254 e. The van der Waals surface area contributed by atoms with E-state index in [1.807, 2.05) is 4.90 Å². The first-order valence-corrected chi connectivity index (χ1v) is 7.10. The summed E-state index contributed by atoms with van der Waals surface area (Å²) in [4.78, 5) is 25.8. The minimum Gasteiger partial charge on any atom is -0.366 e. The van der Waals surface area contributed by atoms with Crippen LogP contribution in [0.25, 0.3) is 0 Å². The number of amides is 2. The second-order valence-corrected chi connectivity index (χ2v) is 5.53. The molecule has 3 rings (SSSR count). The van der Waals surface area contributed by atoms with Gasteiger partial charge in [-0.15, -0.1) is 0 Å². The normalized spacial score (nSPS) is 25.3. The minimum absolute atomic E-state index is 0.0669. The number of primary amides is 1. The van der Waals surface area contributed by atoms with Gasteiger partial charge in [0.1, 0.15) is 0 Å². The zero-order chi connectivity index (χ0) is 14.1. The fourth-order valence-corrected chi connectivity index (χ4v) is 3.24. The molecule has 2 aliphatic heterocycles. The molecular weight excluding hydrogens is 254 g/mol. The number of rotatable bonds is 2. The minimum atomic E-state index is -0.469. The van der Waals surface area contributed by atoms with Gasteiger partial charge in [0, 0.05) is 29.8 Å². The molecule has 2 saturated heterocycles. The summed E-state index contributed by atoms with van der Waals surface area (Å²) < 4.78 is 0. The molecule has 2 unspecified atom stereocenters. The van der Waals surface area contributed by atoms with Crippen LogP contribution < -0.4 is 11.1 Å². The monoisotopic (exact) mass is 273 g/mol. The van der Waals surface area contributed by atoms with Crippen molar-refractivity contribution < 1.29 is 9.59 Å². The fraction of sp³-hybridized carbons (Fsp3) is 0.467. The molecule has 0 radical (unpaired) electrons. The maximum atomic E-state index is 12.7. The molecule has 5 nitrogen and oxygen atoms in total. The first kappa shape index (κ1) is 13.1. The number of hydrogen-bond donors (Lipinski definition) is 2. The van der Waals surface area contributed by atoms with Gasteiger partial charge in [-0.05, 0) is 50.1 Å². The van der Waals surface area contributed by atoms with Gasteiger partial charge in [0.05, 0.1) is 0 Å². The van der Waals surface area contributed by atoms with E-state index in [2.05, 4.69) is 5.32 Å². The summed E-state index contributed by atoms with van der Waals surface area (Å²) in [6, 6.07) is 7.27. The lowest BCUT2D eigenvalue weighted by atomic mass is 10.1. The number of benzene rings is 1. The molecule has 20 heavy (non-hydrogen) atoms. The Hall–Kier alpha value is -1.88. The summed E-state index contributed by atoms with van der Waals surface area (Å²) in [6.45, 7) is 1.85. The quantitative estimate of drug-likeness (QED) is 0.835. The van der Waals surface area contributed by atoms with Gasteiger partial charge in [-0.1, -0.05) is 0 Å². The first-order chi connectivity index (χ1) is 9.66. The van der Waals surface area contributed by atoms with Gasteiger partial charge in [-0.25, -0.2) is 0 Å². The first-order valence-electron chi connectivity index (χ1n) is 7.10. The van der Waals surface area contributed by atoms with Gasteiger partial charge < -0.3 is 16.0 Å². The van der Waals surface area contributed by atoms with Crippen molar-refractivity contribution in [3.05, 3.63) is 35.4 Å². The lowest BCUT2D eigenvalue weighted by Crippen LogP contribution is -2.42. The van der Waals surface area contributed by atoms with Crippen molar-refractivity contribution in [2.24, 2.45) is 5.73 Å². The number of carbonyl (C=O) groups is 2. The van der Waals surface area contributed by atoms with Crippen molar-refractivity contribution in [3.8, 4) is 0 Å². The van der Waals surface area contributed by atoms with E-state index in [0.29, 0.717) is 23.2 Å². The van der Waals surface area contributed by atoms with E-state index in [1.54, 1.807) is 24.3 Å². The molecule has 1 aromatic rings. The van der Waals surface area contributed by atoms with Crippen LogP contribution in [0.3, 0.4) is 0 Å². The molecule has 1 aromatic carbocycles. The maximum Gasteiger partial charge on any atom is 0.254 e. The van der Waals surface area contributed by atoms with E-state index in [0.717, 1.165) is 32.4 Å². The predicted molar refractivity (Wildman–Crippen MR) is 75.4 cm³/mol. The summed E-state index contributed by atoms with van der Waals surface area (Å²) in [5.41, 5.74) is 6.28. The van der Waals surface area contributed by atoms with Crippen LogP contribution >= 0.6 is 0 Å². The molecule has 2 amide bonds. The number of carbonyl (C=O) groups excluding carboxylic acids is 2. The van der Waals surface area contributed by atoms with E-state index in [4.69, 9.17) is 5.73 Å². The lowest BCUT2D eigenvalue weighted by molar-refractivity contribution is 0.0680. The number of nitrogens with two attached hydrogens (primary N) is 1. The third kappa shape index (κ3) is 2.29. The second kappa shape index (κ2) is 5.25. The van der Waals surface area contributed by atoms with Crippen molar-refractivity contribution in [2.45, 2.75) is 31.3 Å². The summed E-state index contributed by atoms with van der Waals surface area (Å²) in [6.07, 6.45) is 3.18. The molecule has 3 N–H and O–H groups in total. The zero-order valence-electron chi connectivity index (χ0n) is 11.3. The van der Waals surface area contributed by atoms with Gasteiger partial charge in [0.15, 0.2) is 0 Å². The van der Waals surface area contributed by atoms with Crippen molar-refractivity contribution in [1.29, 1.82) is 0 Å².